The first-order chi connectivity index (χ1) is 10.0. The van der Waals surface area contributed by atoms with Gasteiger partial charge in [-0.15, -0.1) is 0 Å². The lowest BCUT2D eigenvalue weighted by Gasteiger charge is -2.04. The largest absolute Gasteiger partial charge is 0.367 e. The van der Waals surface area contributed by atoms with Gasteiger partial charge in [0.15, 0.2) is 0 Å². The standard InChI is InChI=1S/C15H9ClF2N2O/c16-10-3-1-2-8(4-10)14-13(15(19)21-20-14)9-5-11(17)7-12(18)6-9/h1-7H,19H2. The van der Waals surface area contributed by atoms with Gasteiger partial charge in [-0.05, 0) is 29.8 Å². The molecule has 0 bridgehead atoms. The number of nitrogens with two attached hydrogens (primary N) is 1. The van der Waals surface area contributed by atoms with Crippen LogP contribution in [0.15, 0.2) is 47.0 Å². The highest BCUT2D eigenvalue weighted by Crippen LogP contribution is 2.37. The van der Waals surface area contributed by atoms with Gasteiger partial charge in [0.25, 0.3) is 0 Å². The maximum absolute atomic E-state index is 13.4. The van der Waals surface area contributed by atoms with Crippen LogP contribution in [0.25, 0.3) is 22.4 Å². The van der Waals surface area contributed by atoms with Crippen LogP contribution >= 0.6 is 11.6 Å². The molecule has 0 saturated carbocycles. The Bertz CT molecular complexity index is 797. The van der Waals surface area contributed by atoms with Crippen LogP contribution in [0.1, 0.15) is 0 Å². The van der Waals surface area contributed by atoms with Gasteiger partial charge in [-0.25, -0.2) is 8.78 Å². The first-order valence-electron chi connectivity index (χ1n) is 6.02. The third-order valence-corrected chi connectivity index (χ3v) is 3.20. The minimum absolute atomic E-state index is 0.0185. The Morgan fingerprint density at radius 3 is 2.38 bits per heavy atom. The fraction of sp³-hybridized carbons (Fsp3) is 0. The summed E-state index contributed by atoms with van der Waals surface area (Å²) in [6.45, 7) is 0. The SMILES string of the molecule is Nc1onc(-c2cccc(Cl)c2)c1-c1cc(F)cc(F)c1. The van der Waals surface area contributed by atoms with Crippen LogP contribution < -0.4 is 5.73 Å². The first-order valence-corrected chi connectivity index (χ1v) is 6.40. The lowest BCUT2D eigenvalue weighted by atomic mass is 10.0. The molecule has 0 aliphatic rings. The van der Waals surface area contributed by atoms with Gasteiger partial charge in [0.2, 0.25) is 5.88 Å². The van der Waals surface area contributed by atoms with Gasteiger partial charge in [0, 0.05) is 16.7 Å². The lowest BCUT2D eigenvalue weighted by molar-refractivity contribution is 0.439. The molecule has 0 aliphatic heterocycles. The second kappa shape index (κ2) is 5.18. The summed E-state index contributed by atoms with van der Waals surface area (Å²) in [5.74, 6) is -1.43. The molecule has 0 unspecified atom stereocenters. The second-order valence-corrected chi connectivity index (χ2v) is 4.88. The van der Waals surface area contributed by atoms with Crippen molar-refractivity contribution in [3.63, 3.8) is 0 Å². The Morgan fingerprint density at radius 1 is 1.00 bits per heavy atom. The number of anilines is 1. The highest BCUT2D eigenvalue weighted by atomic mass is 35.5. The number of rotatable bonds is 2. The molecule has 3 rings (SSSR count). The molecule has 0 amide bonds. The first kappa shape index (κ1) is 13.6. The fourth-order valence-electron chi connectivity index (χ4n) is 2.11. The van der Waals surface area contributed by atoms with Crippen molar-refractivity contribution in [2.75, 3.05) is 5.73 Å². The van der Waals surface area contributed by atoms with Crippen molar-refractivity contribution < 1.29 is 13.3 Å². The Hall–Kier alpha value is -2.40. The van der Waals surface area contributed by atoms with E-state index < -0.39 is 11.6 Å². The number of nitrogen functional groups attached to an aromatic ring is 1. The number of hydrogen-bond acceptors (Lipinski definition) is 3. The van der Waals surface area contributed by atoms with Crippen LogP contribution in [0.4, 0.5) is 14.7 Å². The highest BCUT2D eigenvalue weighted by Gasteiger charge is 2.19. The molecular weight excluding hydrogens is 298 g/mol. The van der Waals surface area contributed by atoms with Gasteiger partial charge in [-0.1, -0.05) is 28.9 Å². The van der Waals surface area contributed by atoms with Crippen molar-refractivity contribution in [3.8, 4) is 22.4 Å². The Balaban J connectivity index is 2.22. The molecular formula is C15H9ClF2N2O. The number of nitrogens with zero attached hydrogens (tertiary/aromatic N) is 1. The number of halogens is 3. The highest BCUT2D eigenvalue weighted by molar-refractivity contribution is 6.30. The second-order valence-electron chi connectivity index (χ2n) is 4.44. The summed E-state index contributed by atoms with van der Waals surface area (Å²) in [7, 11) is 0. The van der Waals surface area contributed by atoms with Crippen molar-refractivity contribution in [1.29, 1.82) is 0 Å². The zero-order chi connectivity index (χ0) is 15.0. The third-order valence-electron chi connectivity index (χ3n) is 2.97. The van der Waals surface area contributed by atoms with E-state index in [1.165, 1.54) is 12.1 Å². The maximum atomic E-state index is 13.4. The molecule has 0 fully saturated rings. The summed E-state index contributed by atoms with van der Waals surface area (Å²) in [4.78, 5) is 0. The summed E-state index contributed by atoms with van der Waals surface area (Å²) in [5, 5.41) is 4.36. The predicted molar refractivity (Wildman–Crippen MR) is 76.7 cm³/mol. The molecule has 2 aromatic carbocycles. The van der Waals surface area contributed by atoms with Crippen LogP contribution in [-0.4, -0.2) is 5.16 Å². The molecule has 3 aromatic rings. The van der Waals surface area contributed by atoms with Crippen LogP contribution in [0.5, 0.6) is 0 Å². The van der Waals surface area contributed by atoms with Gasteiger partial charge in [-0.3, -0.25) is 0 Å². The lowest BCUT2D eigenvalue weighted by Crippen LogP contribution is -1.90. The molecule has 6 heteroatoms. The molecule has 106 valence electrons. The van der Waals surface area contributed by atoms with Gasteiger partial charge < -0.3 is 10.3 Å². The maximum Gasteiger partial charge on any atom is 0.230 e. The van der Waals surface area contributed by atoms with E-state index in [1.54, 1.807) is 24.3 Å². The normalized spacial score (nSPS) is 10.8. The minimum Gasteiger partial charge on any atom is -0.367 e. The third kappa shape index (κ3) is 2.60. The van der Waals surface area contributed by atoms with E-state index in [-0.39, 0.29) is 11.4 Å². The predicted octanol–water partition coefficient (Wildman–Crippen LogP) is 4.52. The topological polar surface area (TPSA) is 52.0 Å². The van der Waals surface area contributed by atoms with Gasteiger partial charge in [0.1, 0.15) is 17.3 Å². The zero-order valence-electron chi connectivity index (χ0n) is 10.6. The van der Waals surface area contributed by atoms with E-state index in [0.717, 1.165) is 6.07 Å². The van der Waals surface area contributed by atoms with E-state index in [2.05, 4.69) is 5.16 Å². The number of aromatic nitrogens is 1. The molecule has 21 heavy (non-hydrogen) atoms. The fourth-order valence-corrected chi connectivity index (χ4v) is 2.30. The van der Waals surface area contributed by atoms with Crippen molar-refractivity contribution in [3.05, 3.63) is 59.1 Å². The molecule has 2 N–H and O–H groups in total. The van der Waals surface area contributed by atoms with Crippen molar-refractivity contribution in [2.45, 2.75) is 0 Å². The average Bonchev–Trinajstić information content (AvgIpc) is 2.79. The van der Waals surface area contributed by atoms with E-state index in [9.17, 15) is 8.78 Å². The Morgan fingerprint density at radius 2 is 1.71 bits per heavy atom. The summed E-state index contributed by atoms with van der Waals surface area (Å²) in [5.41, 5.74) is 7.34. The molecule has 1 aromatic heterocycles. The van der Waals surface area contributed by atoms with Gasteiger partial charge in [0.05, 0.1) is 5.56 Å². The molecule has 0 aliphatic carbocycles. The Kier molecular flexibility index (Phi) is 3.35. The summed E-state index contributed by atoms with van der Waals surface area (Å²) in [6.07, 6.45) is 0. The van der Waals surface area contributed by atoms with Gasteiger partial charge in [-0.2, -0.15) is 0 Å². The number of hydrogen-bond donors (Lipinski definition) is 1. The summed E-state index contributed by atoms with van der Waals surface area (Å²) >= 11 is 5.94. The van der Waals surface area contributed by atoms with Crippen LogP contribution in [0.3, 0.4) is 0 Å². The van der Waals surface area contributed by atoms with E-state index >= 15 is 0 Å². The van der Waals surface area contributed by atoms with E-state index in [4.69, 9.17) is 21.9 Å². The quantitative estimate of drug-likeness (QED) is 0.757. The molecule has 0 spiro atoms. The van der Waals surface area contributed by atoms with Crippen LogP contribution in [0.2, 0.25) is 5.02 Å². The minimum atomic E-state index is -0.706. The summed E-state index contributed by atoms with van der Waals surface area (Å²) in [6, 6.07) is 9.97. The van der Waals surface area contributed by atoms with E-state index in [1.807, 2.05) is 0 Å². The molecule has 0 saturated heterocycles. The smallest absolute Gasteiger partial charge is 0.230 e. The molecule has 0 atom stereocenters. The summed E-state index contributed by atoms with van der Waals surface area (Å²) < 4.78 is 31.8. The Labute approximate surface area is 123 Å². The van der Waals surface area contributed by atoms with Crippen LogP contribution in [0, 0.1) is 11.6 Å². The van der Waals surface area contributed by atoms with Gasteiger partial charge >= 0.3 is 0 Å². The monoisotopic (exact) mass is 306 g/mol. The van der Waals surface area contributed by atoms with Crippen molar-refractivity contribution in [1.82, 2.24) is 5.16 Å². The molecule has 1 heterocycles. The van der Waals surface area contributed by atoms with Crippen LogP contribution in [-0.2, 0) is 0 Å². The molecule has 3 nitrogen and oxygen atoms in total. The van der Waals surface area contributed by atoms with E-state index in [0.29, 0.717) is 21.8 Å². The molecule has 0 radical (unpaired) electrons. The number of benzene rings is 2. The zero-order valence-corrected chi connectivity index (χ0v) is 11.4. The van der Waals surface area contributed by atoms with Crippen molar-refractivity contribution in [2.24, 2.45) is 0 Å². The average molecular weight is 307 g/mol. The van der Waals surface area contributed by atoms with Crippen molar-refractivity contribution >= 4 is 17.5 Å².